The van der Waals surface area contributed by atoms with Gasteiger partial charge >= 0.3 is 0 Å². The third kappa shape index (κ3) is 500. The first-order chi connectivity index (χ1) is 11.4. The molecule has 0 rings (SSSR count). The fraction of sp³-hybridized carbons (Fsp3) is 1.00. The Hall–Kier alpha value is 1.75. The molecule has 0 radical (unpaired) electrons. The Morgan fingerprint density at radius 1 is 0.500 bits per heavy atom. The zero-order valence-electron chi connectivity index (χ0n) is 24.1. The van der Waals surface area contributed by atoms with Crippen molar-refractivity contribution < 1.29 is 50.5 Å². The van der Waals surface area contributed by atoms with Crippen LogP contribution in [-0.4, -0.2) is 75.7 Å². The van der Waals surface area contributed by atoms with Gasteiger partial charge in [0.15, 0.2) is 41.6 Å². The van der Waals surface area contributed by atoms with Crippen molar-refractivity contribution in [1.82, 2.24) is 0 Å². The van der Waals surface area contributed by atoms with Crippen molar-refractivity contribution in [2.24, 2.45) is 0 Å². The third-order valence-corrected chi connectivity index (χ3v) is 5.51. The molecule has 0 aliphatic rings. The molecule has 0 fully saturated rings. The number of hydrogen-bond acceptors (Lipinski definition) is 5. The van der Waals surface area contributed by atoms with Crippen molar-refractivity contribution in [3.05, 3.63) is 0 Å². The molecule has 0 bridgehead atoms. The van der Waals surface area contributed by atoms with Crippen LogP contribution in [0, 0.1) is 0 Å². The van der Waals surface area contributed by atoms with Crippen molar-refractivity contribution in [3.8, 4) is 0 Å². The molecule has 212 valence electrons. The van der Waals surface area contributed by atoms with E-state index >= 15 is 0 Å². The molecule has 0 aromatic rings. The van der Waals surface area contributed by atoms with Crippen LogP contribution in [-0.2, 0) is 25.2 Å². The van der Waals surface area contributed by atoms with Crippen molar-refractivity contribution in [1.29, 1.82) is 0 Å². The van der Waals surface area contributed by atoms with Gasteiger partial charge in [-0.15, -0.1) is 0 Å². The molecular weight excluding hydrogens is 688 g/mol. The van der Waals surface area contributed by atoms with Crippen molar-refractivity contribution in [2.45, 2.75) is 125 Å². The summed E-state index contributed by atoms with van der Waals surface area (Å²) < 4.78 is 5.90. The predicted molar refractivity (Wildman–Crippen MR) is 161 cm³/mol. The molecule has 6 N–H and O–H groups in total. The van der Waals surface area contributed by atoms with Crippen LogP contribution in [0.3, 0.4) is 0 Å². The SMILES string of the molecule is C.C[SiH](C)C.C[Si](C)(C)O.C[Si](C)(C)O.C[Si](C)(C)O.C[Si](C)(C)O[Si](C)(C)C.O.[OH-].[Pt]. The molecule has 0 saturated carbocycles. The minimum absolute atomic E-state index is 0. The Bertz CT molecular complexity index is 283. The van der Waals surface area contributed by atoms with E-state index in [1.165, 1.54) is 0 Å². The Morgan fingerprint density at radius 2 is 0.562 bits per heavy atom. The molecule has 6 nitrogen and oxygen atoms in total. The van der Waals surface area contributed by atoms with E-state index in [2.05, 4.69) is 58.9 Å². The smallest absolute Gasteiger partial charge is 0.179 e. The van der Waals surface area contributed by atoms with Gasteiger partial charge in [-0.2, -0.15) is 0 Å². The van der Waals surface area contributed by atoms with Crippen LogP contribution in [0.4, 0.5) is 0 Å². The standard InChI is InChI=1S/C6H18OSi2.3C3H10OSi.C3H10Si.CH4.2H2O.Pt/c1-8(2,3)7-9(4,5)6;3*1-5(2,3)4;1-4(2)3;;;;/h1-6H3;3*4H,1-3H3;4H,1-3H3;1H4;2*1H2;/p-1. The van der Waals surface area contributed by atoms with Crippen LogP contribution < -0.4 is 0 Å². The van der Waals surface area contributed by atoms with Gasteiger partial charge in [0.05, 0.1) is 0 Å². The molecule has 0 aliphatic heterocycles. The molecule has 0 spiro atoms. The monoisotopic (exact) mass is 752 g/mol. The quantitative estimate of drug-likeness (QED) is 0.305. The molecular formula is C19H65O6PtSi6-. The maximum atomic E-state index is 8.66. The summed E-state index contributed by atoms with van der Waals surface area (Å²) in [6.07, 6.45) is 0. The average Bonchev–Trinajstić information content (AvgIpc) is 1.97. The van der Waals surface area contributed by atoms with Gasteiger partial charge in [0.1, 0.15) is 0 Å². The topological polar surface area (TPSA) is 131 Å². The van der Waals surface area contributed by atoms with Gasteiger partial charge < -0.3 is 29.5 Å². The van der Waals surface area contributed by atoms with E-state index in [0.717, 1.165) is 0 Å². The molecule has 0 saturated heterocycles. The first-order valence-electron chi connectivity index (χ1n) is 10.3. The minimum atomic E-state index is -1.61. The Kier molecular flexibility index (Phi) is 47.7. The molecule has 0 aliphatic carbocycles. The fourth-order valence-corrected chi connectivity index (χ4v) is 8.27. The maximum Gasteiger partial charge on any atom is 0.179 e. The van der Waals surface area contributed by atoms with E-state index in [-0.39, 0.29) is 48.2 Å². The van der Waals surface area contributed by atoms with Crippen molar-refractivity contribution in [2.75, 3.05) is 0 Å². The van der Waals surface area contributed by atoms with E-state index < -0.39 is 41.6 Å². The van der Waals surface area contributed by atoms with Gasteiger partial charge in [0.2, 0.25) is 0 Å². The van der Waals surface area contributed by atoms with Gasteiger partial charge in [-0.1, -0.05) is 27.1 Å². The summed E-state index contributed by atoms with van der Waals surface area (Å²) in [4.78, 5) is 26.0. The summed E-state index contributed by atoms with van der Waals surface area (Å²) in [5, 5.41) is 0. The molecule has 0 aromatic carbocycles. The molecule has 0 unspecified atom stereocenters. The van der Waals surface area contributed by atoms with E-state index in [0.29, 0.717) is 0 Å². The minimum Gasteiger partial charge on any atom is -0.870 e. The first kappa shape index (κ1) is 59.1. The second-order valence-electron chi connectivity index (χ2n) is 12.6. The van der Waals surface area contributed by atoms with Crippen LogP contribution in [0.2, 0.25) is 118 Å². The van der Waals surface area contributed by atoms with Crippen LogP contribution in [0.1, 0.15) is 7.43 Å². The predicted octanol–water partition coefficient (Wildman–Crippen LogP) is 5.85. The van der Waals surface area contributed by atoms with E-state index in [1.807, 2.05) is 58.9 Å². The zero-order chi connectivity index (χ0) is 24.8. The van der Waals surface area contributed by atoms with Gasteiger partial charge in [0, 0.05) is 29.9 Å². The molecule has 13 heteroatoms. The van der Waals surface area contributed by atoms with Crippen LogP contribution in [0.25, 0.3) is 0 Å². The zero-order valence-corrected chi connectivity index (χ0v) is 32.5. The second-order valence-corrected chi connectivity index (χ2v) is 38.3. The van der Waals surface area contributed by atoms with E-state index in [4.69, 9.17) is 18.5 Å². The van der Waals surface area contributed by atoms with Gasteiger partial charge in [-0.25, -0.2) is 0 Å². The van der Waals surface area contributed by atoms with E-state index in [1.54, 1.807) is 0 Å². The molecule has 0 aromatic heterocycles. The number of hydrogen-bond donors (Lipinski definition) is 3. The largest absolute Gasteiger partial charge is 0.870 e. The molecule has 0 heterocycles. The summed E-state index contributed by atoms with van der Waals surface area (Å²) in [7, 11) is -7.43. The molecule has 0 amide bonds. The van der Waals surface area contributed by atoms with Crippen molar-refractivity contribution in [3.63, 3.8) is 0 Å². The summed E-state index contributed by atoms with van der Waals surface area (Å²) in [5.41, 5.74) is 0. The Morgan fingerprint density at radius 3 is 0.562 bits per heavy atom. The van der Waals surface area contributed by atoms with E-state index in [9.17, 15) is 0 Å². The van der Waals surface area contributed by atoms with Gasteiger partial charge in [0.25, 0.3) is 0 Å². The Labute approximate surface area is 225 Å². The normalized spacial score (nSPS) is 10.7. The van der Waals surface area contributed by atoms with Gasteiger partial charge in [-0.3, -0.25) is 0 Å². The summed E-state index contributed by atoms with van der Waals surface area (Å²) in [6.45, 7) is 37.3. The average molecular weight is 753 g/mol. The van der Waals surface area contributed by atoms with Crippen molar-refractivity contribution >= 4 is 50.4 Å². The number of rotatable bonds is 2. The van der Waals surface area contributed by atoms with Crippen LogP contribution >= 0.6 is 0 Å². The van der Waals surface area contributed by atoms with Crippen LogP contribution in [0.5, 0.6) is 0 Å². The molecule has 32 heavy (non-hydrogen) atoms. The summed E-state index contributed by atoms with van der Waals surface area (Å²) >= 11 is 0. The molecule has 0 atom stereocenters. The Balaban J connectivity index is -0.0000000296. The fourth-order valence-electron chi connectivity index (χ4n) is 0.919. The third-order valence-electron chi connectivity index (χ3n) is 0.612. The maximum absolute atomic E-state index is 8.66. The van der Waals surface area contributed by atoms with Crippen LogP contribution in [0.15, 0.2) is 0 Å². The summed E-state index contributed by atoms with van der Waals surface area (Å²) in [6, 6.07) is 0. The first-order valence-corrected chi connectivity index (χ1v) is 30.9. The second kappa shape index (κ2) is 25.8. The summed E-state index contributed by atoms with van der Waals surface area (Å²) in [5.74, 6) is 0. The van der Waals surface area contributed by atoms with Gasteiger partial charge in [-0.05, 0) is 98.2 Å².